The number of carbonyl (C=O) groups is 3. The molecule has 1 unspecified atom stereocenters. The molecule has 0 aliphatic rings. The quantitative estimate of drug-likeness (QED) is 0.422. The number of benzene rings is 2. The van der Waals surface area contributed by atoms with Crippen LogP contribution < -0.4 is 16.0 Å². The number of nitrogens with one attached hydrogen (secondary N) is 3. The topological polar surface area (TPSA) is 117 Å². The molecular weight excluding hydrogens is 434 g/mol. The number of carbonyl (C=O) groups excluding carboxylic acids is 2. The molecule has 0 bridgehead atoms. The van der Waals surface area contributed by atoms with E-state index in [9.17, 15) is 19.5 Å². The fourth-order valence-corrected chi connectivity index (χ4v) is 3.22. The maximum Gasteiger partial charge on any atom is 0.407 e. The van der Waals surface area contributed by atoms with E-state index in [1.54, 1.807) is 45.0 Å². The highest BCUT2D eigenvalue weighted by molar-refractivity contribution is 5.78. The Morgan fingerprint density at radius 2 is 1.41 bits per heavy atom. The van der Waals surface area contributed by atoms with E-state index in [0.717, 1.165) is 16.7 Å². The predicted octanol–water partition coefficient (Wildman–Crippen LogP) is 3.69. The third-order valence-corrected chi connectivity index (χ3v) is 4.74. The van der Waals surface area contributed by atoms with Crippen molar-refractivity contribution in [3.05, 3.63) is 70.8 Å². The fourth-order valence-electron chi connectivity index (χ4n) is 3.22. The molecule has 34 heavy (non-hydrogen) atoms. The minimum atomic E-state index is -0.985. The van der Waals surface area contributed by atoms with Gasteiger partial charge in [0.25, 0.3) is 0 Å². The summed E-state index contributed by atoms with van der Waals surface area (Å²) in [6.07, 6.45) is -0.202. The van der Waals surface area contributed by atoms with Crippen LogP contribution in [0, 0.1) is 0 Å². The van der Waals surface area contributed by atoms with Gasteiger partial charge >= 0.3 is 12.1 Å². The second kappa shape index (κ2) is 12.2. The molecule has 1 atom stereocenters. The Balaban J connectivity index is 1.92. The molecule has 0 fully saturated rings. The molecule has 2 amide bonds. The van der Waals surface area contributed by atoms with Crippen molar-refractivity contribution in [2.45, 2.75) is 71.8 Å². The Kier molecular flexibility index (Phi) is 9.62. The van der Waals surface area contributed by atoms with E-state index in [0.29, 0.717) is 18.5 Å². The van der Waals surface area contributed by atoms with Gasteiger partial charge in [0.05, 0.1) is 6.42 Å². The van der Waals surface area contributed by atoms with E-state index in [-0.39, 0.29) is 18.5 Å². The van der Waals surface area contributed by atoms with Crippen molar-refractivity contribution in [1.29, 1.82) is 0 Å². The van der Waals surface area contributed by atoms with Crippen molar-refractivity contribution < 1.29 is 24.2 Å². The lowest BCUT2D eigenvalue weighted by Crippen LogP contribution is -2.32. The SMILES string of the molecule is CC(C)NC(=O)Cc1ccc(CNC(C(=O)O)c2ccc(CNC(=O)OC(C)(C)C)cc2)cc1. The van der Waals surface area contributed by atoms with Gasteiger partial charge in [0.2, 0.25) is 5.91 Å². The summed E-state index contributed by atoms with van der Waals surface area (Å²) in [7, 11) is 0. The molecule has 0 saturated heterocycles. The number of amides is 2. The highest BCUT2D eigenvalue weighted by Gasteiger charge is 2.19. The van der Waals surface area contributed by atoms with Crippen molar-refractivity contribution >= 4 is 18.0 Å². The van der Waals surface area contributed by atoms with Gasteiger partial charge in [-0.2, -0.15) is 0 Å². The van der Waals surface area contributed by atoms with E-state index in [1.165, 1.54) is 0 Å². The lowest BCUT2D eigenvalue weighted by atomic mass is 10.0. The van der Waals surface area contributed by atoms with Gasteiger partial charge in [-0.25, -0.2) is 4.79 Å². The van der Waals surface area contributed by atoms with Crippen LogP contribution in [0.4, 0.5) is 4.79 Å². The zero-order valence-electron chi connectivity index (χ0n) is 20.5. The highest BCUT2D eigenvalue weighted by atomic mass is 16.6. The van der Waals surface area contributed by atoms with Gasteiger partial charge in [-0.05, 0) is 56.9 Å². The number of hydrogen-bond donors (Lipinski definition) is 4. The van der Waals surface area contributed by atoms with Crippen LogP contribution in [0.3, 0.4) is 0 Å². The summed E-state index contributed by atoms with van der Waals surface area (Å²) >= 11 is 0. The average molecular weight is 470 g/mol. The number of rotatable bonds is 10. The maximum atomic E-state index is 11.9. The lowest BCUT2D eigenvalue weighted by Gasteiger charge is -2.20. The zero-order valence-corrected chi connectivity index (χ0v) is 20.5. The average Bonchev–Trinajstić information content (AvgIpc) is 2.72. The van der Waals surface area contributed by atoms with Crippen LogP contribution in [0.5, 0.6) is 0 Å². The predicted molar refractivity (Wildman–Crippen MR) is 130 cm³/mol. The molecule has 0 aromatic heterocycles. The maximum absolute atomic E-state index is 11.9. The molecule has 2 aromatic carbocycles. The summed E-state index contributed by atoms with van der Waals surface area (Å²) in [6.45, 7) is 9.85. The minimum Gasteiger partial charge on any atom is -0.480 e. The number of carboxylic acid groups (broad SMARTS) is 1. The van der Waals surface area contributed by atoms with Gasteiger partial charge in [0.1, 0.15) is 11.6 Å². The van der Waals surface area contributed by atoms with Crippen LogP contribution in [-0.4, -0.2) is 34.7 Å². The van der Waals surface area contributed by atoms with E-state index < -0.39 is 23.7 Å². The summed E-state index contributed by atoms with van der Waals surface area (Å²) < 4.78 is 5.21. The first-order valence-electron chi connectivity index (χ1n) is 11.3. The van der Waals surface area contributed by atoms with Crippen molar-refractivity contribution in [2.24, 2.45) is 0 Å². The van der Waals surface area contributed by atoms with Crippen LogP contribution in [0.2, 0.25) is 0 Å². The normalized spacial score (nSPS) is 12.2. The molecule has 8 nitrogen and oxygen atoms in total. The van der Waals surface area contributed by atoms with Crippen molar-refractivity contribution in [3.63, 3.8) is 0 Å². The van der Waals surface area contributed by atoms with Crippen molar-refractivity contribution in [3.8, 4) is 0 Å². The molecule has 0 radical (unpaired) electrons. The Bertz CT molecular complexity index is 963. The Morgan fingerprint density at radius 3 is 1.94 bits per heavy atom. The summed E-state index contributed by atoms with van der Waals surface area (Å²) in [5, 5.41) is 18.3. The number of hydrogen-bond acceptors (Lipinski definition) is 5. The smallest absolute Gasteiger partial charge is 0.407 e. The van der Waals surface area contributed by atoms with E-state index in [4.69, 9.17) is 4.74 Å². The Labute approximate surface area is 201 Å². The van der Waals surface area contributed by atoms with Crippen molar-refractivity contribution in [1.82, 2.24) is 16.0 Å². The lowest BCUT2D eigenvalue weighted by molar-refractivity contribution is -0.139. The first kappa shape index (κ1) is 26.9. The summed E-state index contributed by atoms with van der Waals surface area (Å²) in [5.41, 5.74) is 2.67. The van der Waals surface area contributed by atoms with E-state index in [2.05, 4.69) is 16.0 Å². The Hall–Kier alpha value is -3.39. The van der Waals surface area contributed by atoms with E-state index >= 15 is 0 Å². The third kappa shape index (κ3) is 9.62. The molecule has 4 N–H and O–H groups in total. The standard InChI is InChI=1S/C26H35N3O5/c1-17(2)29-22(30)14-18-6-8-19(9-7-18)15-27-23(24(31)32)21-12-10-20(11-13-21)16-28-25(33)34-26(3,4)5/h6-13,17,23,27H,14-16H2,1-5H3,(H,28,33)(H,29,30)(H,31,32). The van der Waals surface area contributed by atoms with Crippen LogP contribution in [0.25, 0.3) is 0 Å². The molecule has 0 aliphatic heterocycles. The van der Waals surface area contributed by atoms with E-state index in [1.807, 2.05) is 38.1 Å². The van der Waals surface area contributed by atoms with Crippen LogP contribution in [0.1, 0.15) is 62.9 Å². The second-order valence-electron chi connectivity index (χ2n) is 9.46. The molecular formula is C26H35N3O5. The molecule has 184 valence electrons. The van der Waals surface area contributed by atoms with Crippen molar-refractivity contribution in [2.75, 3.05) is 0 Å². The molecule has 0 spiro atoms. The number of ether oxygens (including phenoxy) is 1. The highest BCUT2D eigenvalue weighted by Crippen LogP contribution is 2.16. The van der Waals surface area contributed by atoms with Gasteiger partial charge < -0.3 is 20.5 Å². The third-order valence-electron chi connectivity index (χ3n) is 4.74. The Morgan fingerprint density at radius 1 is 0.882 bits per heavy atom. The molecule has 0 saturated carbocycles. The zero-order chi connectivity index (χ0) is 25.3. The number of aliphatic carboxylic acids is 1. The van der Waals surface area contributed by atoms with Gasteiger partial charge in [-0.3, -0.25) is 14.9 Å². The largest absolute Gasteiger partial charge is 0.480 e. The summed E-state index contributed by atoms with van der Waals surface area (Å²) in [5.74, 6) is -1.02. The molecule has 8 heteroatoms. The second-order valence-corrected chi connectivity index (χ2v) is 9.46. The fraction of sp³-hybridized carbons (Fsp3) is 0.423. The van der Waals surface area contributed by atoms with Gasteiger partial charge in [-0.15, -0.1) is 0 Å². The van der Waals surface area contributed by atoms with Crippen LogP contribution in [-0.2, 0) is 33.8 Å². The van der Waals surface area contributed by atoms with Crippen LogP contribution >= 0.6 is 0 Å². The van der Waals surface area contributed by atoms with Gasteiger partial charge in [0, 0.05) is 19.1 Å². The summed E-state index contributed by atoms with van der Waals surface area (Å²) in [4.78, 5) is 35.5. The monoisotopic (exact) mass is 469 g/mol. The molecule has 2 aromatic rings. The van der Waals surface area contributed by atoms with Gasteiger partial charge in [0.15, 0.2) is 0 Å². The minimum absolute atomic E-state index is 0.0310. The first-order valence-corrected chi connectivity index (χ1v) is 11.3. The molecule has 0 heterocycles. The molecule has 0 aliphatic carbocycles. The van der Waals surface area contributed by atoms with Gasteiger partial charge in [-0.1, -0.05) is 48.5 Å². The summed E-state index contributed by atoms with van der Waals surface area (Å²) in [6, 6.07) is 13.7. The molecule has 2 rings (SSSR count). The first-order chi connectivity index (χ1) is 15.9. The van der Waals surface area contributed by atoms with Crippen LogP contribution in [0.15, 0.2) is 48.5 Å². The number of carboxylic acids is 1. The number of alkyl carbamates (subject to hydrolysis) is 1.